The highest BCUT2D eigenvalue weighted by Gasteiger charge is 2.03. The monoisotopic (exact) mass is 293 g/mol. The summed E-state index contributed by atoms with van der Waals surface area (Å²) in [5.41, 5.74) is 2.20. The Balaban J connectivity index is 2.01. The second-order valence-electron chi connectivity index (χ2n) is 6.07. The first-order valence-electron chi connectivity index (χ1n) is 8.19. The van der Waals surface area contributed by atoms with Crippen molar-refractivity contribution in [3.63, 3.8) is 0 Å². The van der Waals surface area contributed by atoms with Gasteiger partial charge in [0.25, 0.3) is 0 Å². The minimum absolute atomic E-state index is 0.802. The molecule has 1 unspecified atom stereocenters. The van der Waals surface area contributed by atoms with Gasteiger partial charge in [0.15, 0.2) is 0 Å². The predicted octanol–water partition coefficient (Wildman–Crippen LogP) is 6.17. The molecule has 1 heteroatoms. The van der Waals surface area contributed by atoms with Gasteiger partial charge in [-0.25, -0.2) is 0 Å². The Bertz CT molecular complexity index is 654. The number of likely N-dealkylation sites (N-methyl/N-ethyl adjacent to an activating group) is 1. The molecule has 2 rings (SSSR count). The summed E-state index contributed by atoms with van der Waals surface area (Å²) < 4.78 is 0. The lowest BCUT2D eigenvalue weighted by atomic mass is 10.0. The van der Waals surface area contributed by atoms with Crippen molar-refractivity contribution < 1.29 is 0 Å². The summed E-state index contributed by atoms with van der Waals surface area (Å²) in [6.45, 7) is 8.75. The maximum absolute atomic E-state index is 4.19. The van der Waals surface area contributed by atoms with Gasteiger partial charge in [0.1, 0.15) is 0 Å². The Morgan fingerprint density at radius 1 is 1.18 bits per heavy atom. The summed E-state index contributed by atoms with van der Waals surface area (Å²) >= 11 is 0. The first kappa shape index (κ1) is 16.4. The van der Waals surface area contributed by atoms with Gasteiger partial charge in [0.05, 0.1) is 0 Å². The van der Waals surface area contributed by atoms with Gasteiger partial charge >= 0.3 is 0 Å². The quantitative estimate of drug-likeness (QED) is 0.551. The highest BCUT2D eigenvalue weighted by atomic mass is 15.1. The zero-order valence-corrected chi connectivity index (χ0v) is 14.0. The van der Waals surface area contributed by atoms with Crippen molar-refractivity contribution in [3.05, 3.63) is 66.9 Å². The molecule has 1 atom stereocenters. The van der Waals surface area contributed by atoms with E-state index in [0.29, 0.717) is 0 Å². The molecule has 0 aromatic heterocycles. The first-order valence-corrected chi connectivity index (χ1v) is 8.19. The Labute approximate surface area is 135 Å². The molecule has 0 aliphatic carbocycles. The molecule has 0 N–H and O–H groups in total. The summed E-state index contributed by atoms with van der Waals surface area (Å²) in [4.78, 5) is 2.15. The number of hydrogen-bond donors (Lipinski definition) is 0. The van der Waals surface area contributed by atoms with Crippen LogP contribution in [0.15, 0.2) is 66.9 Å². The van der Waals surface area contributed by atoms with E-state index in [0.717, 1.165) is 18.0 Å². The Morgan fingerprint density at radius 2 is 1.91 bits per heavy atom. The number of nitrogens with zero attached hydrogens (tertiary/aromatic N) is 1. The SMILES string of the molecule is C=C(/C=C\CCC(C)CC)N(C)c1ccc2ccccc2c1. The van der Waals surface area contributed by atoms with Gasteiger partial charge in [-0.15, -0.1) is 0 Å². The van der Waals surface area contributed by atoms with E-state index in [1.165, 1.54) is 29.3 Å². The smallest absolute Gasteiger partial charge is 0.0414 e. The van der Waals surface area contributed by atoms with Crippen LogP contribution in [-0.4, -0.2) is 7.05 Å². The average molecular weight is 293 g/mol. The summed E-state index contributed by atoms with van der Waals surface area (Å²) in [5.74, 6) is 0.802. The zero-order valence-electron chi connectivity index (χ0n) is 14.0. The molecule has 2 aromatic rings. The van der Waals surface area contributed by atoms with E-state index < -0.39 is 0 Å². The van der Waals surface area contributed by atoms with Crippen molar-refractivity contribution in [2.45, 2.75) is 33.1 Å². The number of fused-ring (bicyclic) bond motifs is 1. The fourth-order valence-electron chi connectivity index (χ4n) is 2.47. The van der Waals surface area contributed by atoms with Crippen molar-refractivity contribution in [1.29, 1.82) is 0 Å². The first-order chi connectivity index (χ1) is 10.6. The van der Waals surface area contributed by atoms with E-state index in [1.807, 2.05) is 0 Å². The molecule has 0 saturated carbocycles. The summed E-state index contributed by atoms with van der Waals surface area (Å²) in [6, 6.07) is 15.0. The molecule has 0 radical (unpaired) electrons. The van der Waals surface area contributed by atoms with Gasteiger partial charge in [-0.1, -0.05) is 63.3 Å². The third-order valence-corrected chi connectivity index (χ3v) is 4.38. The van der Waals surface area contributed by atoms with E-state index in [9.17, 15) is 0 Å². The molecule has 0 fully saturated rings. The predicted molar refractivity (Wildman–Crippen MR) is 99.3 cm³/mol. The van der Waals surface area contributed by atoms with Crippen LogP contribution in [0.1, 0.15) is 33.1 Å². The molecule has 116 valence electrons. The molecule has 0 aliphatic heterocycles. The molecule has 0 amide bonds. The molecular weight excluding hydrogens is 266 g/mol. The van der Waals surface area contributed by atoms with Crippen LogP contribution in [-0.2, 0) is 0 Å². The van der Waals surface area contributed by atoms with E-state index in [-0.39, 0.29) is 0 Å². The standard InChI is InChI=1S/C21H27N/c1-5-17(2)10-6-7-11-18(3)22(4)21-15-14-19-12-8-9-13-20(19)16-21/h7-9,11-17H,3,5-6,10H2,1-2,4H3/b11-7-. The van der Waals surface area contributed by atoms with Crippen molar-refractivity contribution in [2.24, 2.45) is 5.92 Å². The third kappa shape index (κ3) is 4.24. The average Bonchev–Trinajstić information content (AvgIpc) is 2.57. The molecule has 22 heavy (non-hydrogen) atoms. The Morgan fingerprint density at radius 3 is 2.64 bits per heavy atom. The van der Waals surface area contributed by atoms with Crippen molar-refractivity contribution in [2.75, 3.05) is 11.9 Å². The minimum atomic E-state index is 0.802. The molecule has 0 aliphatic rings. The second-order valence-corrected chi connectivity index (χ2v) is 6.07. The number of allylic oxidation sites excluding steroid dienone is 2. The fourth-order valence-corrected chi connectivity index (χ4v) is 2.47. The fraction of sp³-hybridized carbons (Fsp3) is 0.333. The van der Waals surface area contributed by atoms with E-state index in [4.69, 9.17) is 0 Å². The summed E-state index contributed by atoms with van der Waals surface area (Å²) in [7, 11) is 2.07. The number of rotatable bonds is 7. The lowest BCUT2D eigenvalue weighted by Crippen LogP contribution is -2.13. The highest BCUT2D eigenvalue weighted by molar-refractivity contribution is 5.86. The Kier molecular flexibility index (Phi) is 5.83. The Hall–Kier alpha value is -2.02. The topological polar surface area (TPSA) is 3.24 Å². The van der Waals surface area contributed by atoms with Crippen molar-refractivity contribution in [3.8, 4) is 0 Å². The molecule has 0 bridgehead atoms. The number of anilines is 1. The highest BCUT2D eigenvalue weighted by Crippen LogP contribution is 2.23. The molecule has 1 nitrogen and oxygen atoms in total. The molecule has 2 aromatic carbocycles. The number of hydrogen-bond acceptors (Lipinski definition) is 1. The van der Waals surface area contributed by atoms with Crippen LogP contribution in [0, 0.1) is 5.92 Å². The maximum atomic E-state index is 4.19. The van der Waals surface area contributed by atoms with Crippen LogP contribution in [0.3, 0.4) is 0 Å². The van der Waals surface area contributed by atoms with Gasteiger partial charge in [-0.05, 0) is 47.7 Å². The summed E-state index contributed by atoms with van der Waals surface area (Å²) in [6.07, 6.45) is 8.01. The van der Waals surface area contributed by atoms with Gasteiger partial charge in [-0.2, -0.15) is 0 Å². The summed E-state index contributed by atoms with van der Waals surface area (Å²) in [5, 5.41) is 2.54. The van der Waals surface area contributed by atoms with Gasteiger partial charge < -0.3 is 4.90 Å². The van der Waals surface area contributed by atoms with E-state index in [2.05, 4.69) is 87.0 Å². The van der Waals surface area contributed by atoms with Crippen LogP contribution in [0.25, 0.3) is 10.8 Å². The minimum Gasteiger partial charge on any atom is -0.345 e. The van der Waals surface area contributed by atoms with Crippen molar-refractivity contribution >= 4 is 16.5 Å². The lowest BCUT2D eigenvalue weighted by molar-refractivity contribution is 0.521. The van der Waals surface area contributed by atoms with Gasteiger partial charge in [0.2, 0.25) is 0 Å². The van der Waals surface area contributed by atoms with E-state index in [1.54, 1.807) is 0 Å². The maximum Gasteiger partial charge on any atom is 0.0414 e. The normalized spacial score (nSPS) is 12.7. The zero-order chi connectivity index (χ0) is 15.9. The molecule has 0 heterocycles. The second kappa shape index (κ2) is 7.84. The lowest BCUT2D eigenvalue weighted by Gasteiger charge is -2.20. The number of benzene rings is 2. The van der Waals surface area contributed by atoms with Crippen LogP contribution < -0.4 is 4.90 Å². The van der Waals surface area contributed by atoms with Crippen LogP contribution in [0.4, 0.5) is 5.69 Å². The van der Waals surface area contributed by atoms with Crippen LogP contribution in [0.2, 0.25) is 0 Å². The van der Waals surface area contributed by atoms with Crippen LogP contribution in [0.5, 0.6) is 0 Å². The van der Waals surface area contributed by atoms with Gasteiger partial charge in [0, 0.05) is 18.4 Å². The molecule has 0 saturated heterocycles. The van der Waals surface area contributed by atoms with Gasteiger partial charge in [-0.3, -0.25) is 0 Å². The van der Waals surface area contributed by atoms with Crippen LogP contribution >= 0.6 is 0 Å². The largest absolute Gasteiger partial charge is 0.345 e. The molecular formula is C21H27N. The van der Waals surface area contributed by atoms with E-state index >= 15 is 0 Å². The molecule has 0 spiro atoms. The van der Waals surface area contributed by atoms with Crippen molar-refractivity contribution in [1.82, 2.24) is 0 Å². The third-order valence-electron chi connectivity index (χ3n) is 4.38.